The number of ether oxygens (including phenoxy) is 1. The van der Waals surface area contributed by atoms with Crippen LogP contribution in [0.1, 0.15) is 38.5 Å². The summed E-state index contributed by atoms with van der Waals surface area (Å²) in [5, 5.41) is 25.8. The first kappa shape index (κ1) is 19.6. The van der Waals surface area contributed by atoms with Crippen LogP contribution in [0.2, 0.25) is 0 Å². The number of carboxylic acid groups (broad SMARTS) is 1. The summed E-state index contributed by atoms with van der Waals surface area (Å²) in [7, 11) is 1.33. The zero-order valence-electron chi connectivity index (χ0n) is 14.6. The van der Waals surface area contributed by atoms with Crippen LogP contribution in [-0.2, 0) is 9.59 Å². The van der Waals surface area contributed by atoms with Crippen LogP contribution in [0.25, 0.3) is 0 Å². The highest BCUT2D eigenvalue weighted by Crippen LogP contribution is 2.29. The lowest BCUT2D eigenvalue weighted by molar-refractivity contribution is -0.384. The fourth-order valence-corrected chi connectivity index (χ4v) is 3.05. The Morgan fingerprint density at radius 1 is 1.35 bits per heavy atom. The van der Waals surface area contributed by atoms with E-state index in [1.165, 1.54) is 25.3 Å². The van der Waals surface area contributed by atoms with Gasteiger partial charge in [-0.2, -0.15) is 0 Å². The van der Waals surface area contributed by atoms with Gasteiger partial charge in [-0.15, -0.1) is 0 Å². The molecular weight excluding hydrogens is 342 g/mol. The Balaban J connectivity index is 2.01. The monoisotopic (exact) mass is 365 g/mol. The molecule has 2 rings (SSSR count). The van der Waals surface area contributed by atoms with Crippen molar-refractivity contribution >= 4 is 23.3 Å². The number of carboxylic acids is 1. The van der Waals surface area contributed by atoms with Crippen LogP contribution in [0, 0.1) is 10.1 Å². The number of benzene rings is 1. The van der Waals surface area contributed by atoms with Crippen molar-refractivity contribution in [3.8, 4) is 5.75 Å². The molecule has 1 unspecified atom stereocenters. The lowest BCUT2D eigenvalue weighted by atomic mass is 9.94. The quantitative estimate of drug-likeness (QED) is 0.476. The summed E-state index contributed by atoms with van der Waals surface area (Å²) in [6.07, 6.45) is 4.82. The van der Waals surface area contributed by atoms with Crippen molar-refractivity contribution in [2.45, 2.75) is 50.6 Å². The van der Waals surface area contributed by atoms with Gasteiger partial charge in [-0.05, 0) is 18.9 Å². The summed E-state index contributed by atoms with van der Waals surface area (Å²) >= 11 is 0. The number of hydrogen-bond donors (Lipinski definition) is 3. The molecule has 0 heterocycles. The van der Waals surface area contributed by atoms with Crippen LogP contribution >= 0.6 is 0 Å². The Hall–Kier alpha value is -2.68. The zero-order chi connectivity index (χ0) is 19.1. The third-order valence-electron chi connectivity index (χ3n) is 4.40. The minimum absolute atomic E-state index is 0.103. The van der Waals surface area contributed by atoms with Crippen LogP contribution in [-0.4, -0.2) is 41.1 Å². The molecule has 0 aromatic heterocycles. The minimum atomic E-state index is -1.08. The van der Waals surface area contributed by atoms with Crippen molar-refractivity contribution in [3.05, 3.63) is 28.3 Å². The summed E-state index contributed by atoms with van der Waals surface area (Å²) in [6.45, 7) is 0. The molecule has 0 aliphatic heterocycles. The molecule has 0 radical (unpaired) electrons. The van der Waals surface area contributed by atoms with E-state index >= 15 is 0 Å². The van der Waals surface area contributed by atoms with Crippen LogP contribution < -0.4 is 15.4 Å². The minimum Gasteiger partial charge on any atom is -0.494 e. The molecule has 1 aliphatic rings. The Bertz CT molecular complexity index is 672. The van der Waals surface area contributed by atoms with Gasteiger partial charge in [0.1, 0.15) is 11.8 Å². The second-order valence-corrected chi connectivity index (χ2v) is 6.29. The molecule has 0 saturated heterocycles. The molecule has 1 aliphatic carbocycles. The number of amides is 1. The largest absolute Gasteiger partial charge is 0.494 e. The van der Waals surface area contributed by atoms with Crippen LogP contribution in [0.3, 0.4) is 0 Å². The third-order valence-corrected chi connectivity index (χ3v) is 4.40. The lowest BCUT2D eigenvalue weighted by Crippen LogP contribution is -2.46. The van der Waals surface area contributed by atoms with Crippen molar-refractivity contribution in [2.24, 2.45) is 0 Å². The number of hydrogen-bond acceptors (Lipinski definition) is 6. The summed E-state index contributed by atoms with van der Waals surface area (Å²) in [6, 6.07) is 2.92. The molecule has 0 bridgehead atoms. The molecule has 1 fully saturated rings. The number of non-ortho nitro benzene ring substituents is 1. The summed E-state index contributed by atoms with van der Waals surface area (Å²) < 4.78 is 5.06. The van der Waals surface area contributed by atoms with Crippen LogP contribution in [0.4, 0.5) is 11.4 Å². The van der Waals surface area contributed by atoms with Gasteiger partial charge >= 0.3 is 5.97 Å². The number of carbonyl (C=O) groups is 2. The number of methoxy groups -OCH3 is 1. The van der Waals surface area contributed by atoms with Gasteiger partial charge in [-0.3, -0.25) is 19.7 Å². The highest BCUT2D eigenvalue weighted by Gasteiger charge is 2.26. The normalized spacial score (nSPS) is 15.9. The standard InChI is InChI=1S/C17H23N3O6/c1-26-15-9-12(20(24)25)7-8-13(15)19-16(21)10-14(17(22)23)18-11-5-3-2-4-6-11/h7-9,11,14,18H,2-6,10H2,1H3,(H,19,21)(H,22,23). The van der Waals surface area contributed by atoms with Gasteiger partial charge in [-0.25, -0.2) is 0 Å². The molecule has 9 heteroatoms. The van der Waals surface area contributed by atoms with Crippen molar-refractivity contribution < 1.29 is 24.4 Å². The van der Waals surface area contributed by atoms with E-state index in [0.29, 0.717) is 0 Å². The number of anilines is 1. The fraction of sp³-hybridized carbons (Fsp3) is 0.529. The smallest absolute Gasteiger partial charge is 0.321 e. The van der Waals surface area contributed by atoms with Crippen LogP contribution in [0.5, 0.6) is 5.75 Å². The van der Waals surface area contributed by atoms with Crippen molar-refractivity contribution in [3.63, 3.8) is 0 Å². The summed E-state index contributed by atoms with van der Waals surface area (Å²) in [5.41, 5.74) is 0.0899. The van der Waals surface area contributed by atoms with Gasteiger partial charge in [0.15, 0.2) is 0 Å². The van der Waals surface area contributed by atoms with E-state index in [1.807, 2.05) is 0 Å². The van der Waals surface area contributed by atoms with E-state index in [4.69, 9.17) is 4.74 Å². The fourth-order valence-electron chi connectivity index (χ4n) is 3.05. The lowest BCUT2D eigenvalue weighted by Gasteiger charge is -2.26. The first-order valence-corrected chi connectivity index (χ1v) is 8.52. The Morgan fingerprint density at radius 2 is 2.04 bits per heavy atom. The third kappa shape index (κ3) is 5.41. The highest BCUT2D eigenvalue weighted by atomic mass is 16.6. The summed E-state index contributed by atoms with van der Waals surface area (Å²) in [5.74, 6) is -1.45. The Labute approximate surface area is 150 Å². The molecule has 1 atom stereocenters. The molecular formula is C17H23N3O6. The maximum atomic E-state index is 12.3. The zero-order valence-corrected chi connectivity index (χ0v) is 14.6. The SMILES string of the molecule is COc1cc([N+](=O)[O-])ccc1NC(=O)CC(NC1CCCCC1)C(=O)O. The molecule has 1 aromatic carbocycles. The predicted octanol–water partition coefficient (Wildman–Crippen LogP) is 2.31. The first-order chi connectivity index (χ1) is 12.4. The molecule has 9 nitrogen and oxygen atoms in total. The number of rotatable bonds is 8. The Kier molecular flexibility index (Phi) is 6.90. The second-order valence-electron chi connectivity index (χ2n) is 6.29. The van der Waals surface area contributed by atoms with Crippen molar-refractivity contribution in [1.82, 2.24) is 5.32 Å². The number of nitro benzene ring substituents is 1. The highest BCUT2D eigenvalue weighted by molar-refractivity contribution is 5.95. The van der Waals surface area contributed by atoms with E-state index in [1.54, 1.807) is 0 Å². The van der Waals surface area contributed by atoms with Crippen molar-refractivity contribution in [1.29, 1.82) is 0 Å². The molecule has 142 valence electrons. The second kappa shape index (κ2) is 9.14. The van der Waals surface area contributed by atoms with Gasteiger partial charge < -0.3 is 20.5 Å². The topological polar surface area (TPSA) is 131 Å². The van der Waals surface area contributed by atoms with Gasteiger partial charge in [0, 0.05) is 12.1 Å². The number of nitrogens with zero attached hydrogens (tertiary/aromatic N) is 1. The number of aliphatic carboxylic acids is 1. The van der Waals surface area contributed by atoms with Gasteiger partial charge in [0.05, 0.1) is 30.2 Å². The van der Waals surface area contributed by atoms with E-state index in [-0.39, 0.29) is 29.6 Å². The number of nitro groups is 1. The van der Waals surface area contributed by atoms with Crippen LogP contribution in [0.15, 0.2) is 18.2 Å². The maximum absolute atomic E-state index is 12.3. The molecule has 26 heavy (non-hydrogen) atoms. The van der Waals surface area contributed by atoms with E-state index in [2.05, 4.69) is 10.6 Å². The number of carbonyl (C=O) groups excluding carboxylic acids is 1. The molecule has 1 amide bonds. The predicted molar refractivity (Wildman–Crippen MR) is 94.3 cm³/mol. The summed E-state index contributed by atoms with van der Waals surface area (Å²) in [4.78, 5) is 33.9. The van der Waals surface area contributed by atoms with Gasteiger partial charge in [0.2, 0.25) is 5.91 Å². The van der Waals surface area contributed by atoms with E-state index in [9.17, 15) is 24.8 Å². The van der Waals surface area contributed by atoms with Crippen molar-refractivity contribution in [2.75, 3.05) is 12.4 Å². The Morgan fingerprint density at radius 3 is 2.62 bits per heavy atom. The average Bonchev–Trinajstić information content (AvgIpc) is 2.62. The van der Waals surface area contributed by atoms with E-state index < -0.39 is 22.8 Å². The van der Waals surface area contributed by atoms with E-state index in [0.717, 1.165) is 32.1 Å². The molecule has 1 saturated carbocycles. The van der Waals surface area contributed by atoms with Gasteiger partial charge in [-0.1, -0.05) is 19.3 Å². The molecule has 1 aromatic rings. The number of nitrogens with one attached hydrogen (secondary N) is 2. The molecule has 0 spiro atoms. The average molecular weight is 365 g/mol. The van der Waals surface area contributed by atoms with Gasteiger partial charge in [0.25, 0.3) is 5.69 Å². The first-order valence-electron chi connectivity index (χ1n) is 8.52. The maximum Gasteiger partial charge on any atom is 0.321 e. The molecule has 3 N–H and O–H groups in total.